The third-order valence-corrected chi connectivity index (χ3v) is 8.12. The quantitative estimate of drug-likeness (QED) is 0.506. The first-order chi connectivity index (χ1) is 16.9. The molecule has 6 rings (SSSR count). The van der Waals surface area contributed by atoms with E-state index in [2.05, 4.69) is 5.32 Å². The molecule has 2 aliphatic heterocycles. The molecule has 35 heavy (non-hydrogen) atoms. The van der Waals surface area contributed by atoms with Crippen molar-refractivity contribution in [2.24, 2.45) is 5.73 Å². The van der Waals surface area contributed by atoms with Gasteiger partial charge in [-0.25, -0.2) is 8.78 Å². The zero-order valence-electron chi connectivity index (χ0n) is 19.1. The van der Waals surface area contributed by atoms with E-state index in [-0.39, 0.29) is 27.8 Å². The van der Waals surface area contributed by atoms with Crippen molar-refractivity contribution < 1.29 is 18.3 Å². The van der Waals surface area contributed by atoms with Gasteiger partial charge in [0.1, 0.15) is 17.4 Å². The minimum Gasteiger partial charge on any atom is -0.480 e. The Hall–Kier alpha value is -2.96. The first-order valence-electron chi connectivity index (χ1n) is 12.0. The molecule has 3 N–H and O–H groups in total. The van der Waals surface area contributed by atoms with Crippen LogP contribution < -0.4 is 15.8 Å². The van der Waals surface area contributed by atoms with E-state index >= 15 is 8.78 Å². The molecule has 1 amide bonds. The molecule has 0 aromatic heterocycles. The summed E-state index contributed by atoms with van der Waals surface area (Å²) in [6.45, 7) is 0.853. The standard InChI is InChI=1S/C28H25ClF2N2O2/c29-25-20(30)13-21-19(14-28(35-21,22-10-5-11-33-22)16-7-2-1-3-8-16)23(25)24-18(27(32)34)12-15-6-4-9-17(15)26(24)31/h1-3,7-8,12-13,22,33H,4-6,9-11,14H2,(H2,32,34)/t22-,28-/m0/s1. The Morgan fingerprint density at radius 2 is 1.89 bits per heavy atom. The highest BCUT2D eigenvalue weighted by Crippen LogP contribution is 2.52. The van der Waals surface area contributed by atoms with E-state index in [1.165, 1.54) is 6.07 Å². The van der Waals surface area contributed by atoms with Crippen molar-refractivity contribution in [1.82, 2.24) is 5.32 Å². The van der Waals surface area contributed by atoms with Crippen LogP contribution in [-0.4, -0.2) is 18.5 Å². The molecule has 3 aromatic carbocycles. The molecule has 4 nitrogen and oxygen atoms in total. The van der Waals surface area contributed by atoms with Gasteiger partial charge in [-0.3, -0.25) is 4.79 Å². The lowest BCUT2D eigenvalue weighted by atomic mass is 9.80. The fourth-order valence-corrected chi connectivity index (χ4v) is 6.42. The van der Waals surface area contributed by atoms with Crippen LogP contribution in [0, 0.1) is 11.6 Å². The SMILES string of the molecule is NC(=O)c1cc2c(c(F)c1-c1c(Cl)c(F)cc3c1C[C@](c1ccccc1)([C@@H]1CCCN1)O3)CCC2. The van der Waals surface area contributed by atoms with E-state index in [4.69, 9.17) is 22.1 Å². The Morgan fingerprint density at radius 1 is 1.09 bits per heavy atom. The van der Waals surface area contributed by atoms with E-state index in [1.807, 2.05) is 30.3 Å². The molecular formula is C28H25ClF2N2O2. The highest BCUT2D eigenvalue weighted by molar-refractivity contribution is 6.34. The normalized spacial score (nSPS) is 22.7. The van der Waals surface area contributed by atoms with Crippen LogP contribution in [0.15, 0.2) is 42.5 Å². The highest BCUT2D eigenvalue weighted by atomic mass is 35.5. The Balaban J connectivity index is 1.60. The van der Waals surface area contributed by atoms with Gasteiger partial charge in [0.2, 0.25) is 5.91 Å². The van der Waals surface area contributed by atoms with Gasteiger partial charge >= 0.3 is 0 Å². The number of carbonyl (C=O) groups excluding carboxylic acids is 1. The summed E-state index contributed by atoms with van der Waals surface area (Å²) in [5.41, 5.74) is 7.92. The van der Waals surface area contributed by atoms with E-state index in [0.717, 1.165) is 36.9 Å². The van der Waals surface area contributed by atoms with Gasteiger partial charge in [0, 0.05) is 29.2 Å². The average molecular weight is 495 g/mol. The van der Waals surface area contributed by atoms with Gasteiger partial charge in [-0.1, -0.05) is 41.9 Å². The number of ether oxygens (including phenoxy) is 1. The molecule has 7 heteroatoms. The maximum atomic E-state index is 16.0. The topological polar surface area (TPSA) is 64.4 Å². The smallest absolute Gasteiger partial charge is 0.249 e. The van der Waals surface area contributed by atoms with Gasteiger partial charge in [-0.05, 0) is 61.4 Å². The lowest BCUT2D eigenvalue weighted by Crippen LogP contribution is -2.48. The van der Waals surface area contributed by atoms with Crippen LogP contribution in [0.2, 0.25) is 5.02 Å². The van der Waals surface area contributed by atoms with E-state index < -0.39 is 23.1 Å². The highest BCUT2D eigenvalue weighted by Gasteiger charge is 2.50. The molecule has 2 heterocycles. The molecule has 1 aliphatic carbocycles. The number of carbonyl (C=O) groups is 1. The Kier molecular flexibility index (Phi) is 5.35. The number of benzene rings is 3. The lowest BCUT2D eigenvalue weighted by molar-refractivity contribution is 0.0539. The molecule has 1 fully saturated rings. The van der Waals surface area contributed by atoms with Gasteiger partial charge in [0.05, 0.1) is 16.6 Å². The molecule has 3 aromatic rings. The van der Waals surface area contributed by atoms with E-state index in [9.17, 15) is 4.79 Å². The number of aryl methyl sites for hydroxylation is 1. The first kappa shape index (κ1) is 22.5. The number of halogens is 3. The van der Waals surface area contributed by atoms with Crippen molar-refractivity contribution in [3.05, 3.63) is 86.9 Å². The van der Waals surface area contributed by atoms with Crippen molar-refractivity contribution in [2.45, 2.75) is 50.2 Å². The van der Waals surface area contributed by atoms with Gasteiger partial charge in [0.25, 0.3) is 0 Å². The largest absolute Gasteiger partial charge is 0.480 e. The molecule has 2 atom stereocenters. The summed E-state index contributed by atoms with van der Waals surface area (Å²) in [5, 5.41) is 3.31. The van der Waals surface area contributed by atoms with Crippen LogP contribution in [0.25, 0.3) is 11.1 Å². The second-order valence-electron chi connectivity index (χ2n) is 9.68. The first-order valence-corrected chi connectivity index (χ1v) is 12.4. The Labute approximate surface area is 207 Å². The monoisotopic (exact) mass is 494 g/mol. The Bertz CT molecular complexity index is 1360. The molecule has 0 unspecified atom stereocenters. The zero-order chi connectivity index (χ0) is 24.3. The Morgan fingerprint density at radius 3 is 2.60 bits per heavy atom. The summed E-state index contributed by atoms with van der Waals surface area (Å²) < 4.78 is 37.9. The number of primary amides is 1. The van der Waals surface area contributed by atoms with Crippen LogP contribution in [-0.2, 0) is 24.9 Å². The number of nitrogens with two attached hydrogens (primary N) is 1. The second-order valence-corrected chi connectivity index (χ2v) is 10.1. The zero-order valence-corrected chi connectivity index (χ0v) is 19.9. The second kappa shape index (κ2) is 8.32. The number of rotatable bonds is 4. The maximum absolute atomic E-state index is 16.0. The molecule has 3 aliphatic rings. The van der Waals surface area contributed by atoms with Crippen LogP contribution >= 0.6 is 11.6 Å². The molecule has 0 radical (unpaired) electrons. The summed E-state index contributed by atoms with van der Waals surface area (Å²) in [6.07, 6.45) is 4.25. The number of nitrogens with one attached hydrogen (secondary N) is 1. The fraction of sp³-hybridized carbons (Fsp3) is 0.321. The van der Waals surface area contributed by atoms with Crippen molar-refractivity contribution in [3.63, 3.8) is 0 Å². The summed E-state index contributed by atoms with van der Waals surface area (Å²) in [4.78, 5) is 12.5. The van der Waals surface area contributed by atoms with Crippen LogP contribution in [0.3, 0.4) is 0 Å². The van der Waals surface area contributed by atoms with Crippen LogP contribution in [0.1, 0.15) is 51.9 Å². The van der Waals surface area contributed by atoms with Gasteiger partial charge in [-0.2, -0.15) is 0 Å². The van der Waals surface area contributed by atoms with E-state index in [1.54, 1.807) is 6.07 Å². The van der Waals surface area contributed by atoms with Crippen molar-refractivity contribution >= 4 is 17.5 Å². The maximum Gasteiger partial charge on any atom is 0.249 e. The predicted molar refractivity (Wildman–Crippen MR) is 131 cm³/mol. The predicted octanol–water partition coefficient (Wildman–Crippen LogP) is 5.46. The molecule has 1 saturated heterocycles. The number of amides is 1. The summed E-state index contributed by atoms with van der Waals surface area (Å²) in [5.74, 6) is -1.72. The van der Waals surface area contributed by atoms with Crippen molar-refractivity contribution in [3.8, 4) is 16.9 Å². The summed E-state index contributed by atoms with van der Waals surface area (Å²) >= 11 is 6.54. The summed E-state index contributed by atoms with van der Waals surface area (Å²) in [6, 6.07) is 12.7. The van der Waals surface area contributed by atoms with Crippen LogP contribution in [0.4, 0.5) is 8.78 Å². The number of hydrogen-bond acceptors (Lipinski definition) is 3. The van der Waals surface area contributed by atoms with Gasteiger partial charge in [0.15, 0.2) is 5.60 Å². The summed E-state index contributed by atoms with van der Waals surface area (Å²) in [7, 11) is 0. The van der Waals surface area contributed by atoms with E-state index in [0.29, 0.717) is 36.1 Å². The van der Waals surface area contributed by atoms with Crippen molar-refractivity contribution in [1.29, 1.82) is 0 Å². The van der Waals surface area contributed by atoms with Crippen LogP contribution in [0.5, 0.6) is 5.75 Å². The van der Waals surface area contributed by atoms with Crippen molar-refractivity contribution in [2.75, 3.05) is 6.54 Å². The minimum absolute atomic E-state index is 0.0209. The fourth-order valence-electron chi connectivity index (χ4n) is 6.15. The third kappa shape index (κ3) is 3.38. The molecule has 0 spiro atoms. The molecule has 0 saturated carbocycles. The van der Waals surface area contributed by atoms with Gasteiger partial charge < -0.3 is 15.8 Å². The number of hydrogen-bond donors (Lipinski definition) is 2. The van der Waals surface area contributed by atoms with Gasteiger partial charge in [-0.15, -0.1) is 0 Å². The lowest BCUT2D eigenvalue weighted by Gasteiger charge is -2.35. The third-order valence-electron chi connectivity index (χ3n) is 7.75. The molecule has 180 valence electrons. The number of fused-ring (bicyclic) bond motifs is 2. The molecule has 0 bridgehead atoms. The molecular weight excluding hydrogens is 470 g/mol. The minimum atomic E-state index is -0.813. The average Bonchev–Trinajstić information content (AvgIpc) is 3.61.